The summed E-state index contributed by atoms with van der Waals surface area (Å²) in [7, 11) is 2.14. The van der Waals surface area contributed by atoms with E-state index in [4.69, 9.17) is 24.2 Å². The highest BCUT2D eigenvalue weighted by atomic mass is 16.6. The minimum Gasteiger partial charge on any atom is -0.489 e. The Morgan fingerprint density at radius 1 is 0.942 bits per heavy atom. The van der Waals surface area contributed by atoms with Crippen LogP contribution in [-0.4, -0.2) is 89.9 Å². The second-order valence-corrected chi connectivity index (χ2v) is 15.1. The summed E-state index contributed by atoms with van der Waals surface area (Å²) in [6.45, 7) is 10.5. The molecule has 0 bridgehead atoms. The van der Waals surface area contributed by atoms with Crippen LogP contribution in [0.15, 0.2) is 66.7 Å². The number of likely N-dealkylation sites (N-methyl/N-ethyl adjacent to an activating group) is 1. The molecule has 4 aromatic rings. The lowest BCUT2D eigenvalue weighted by atomic mass is 10.0. The Bertz CT molecular complexity index is 1920. The predicted molar refractivity (Wildman–Crippen MR) is 202 cm³/mol. The second-order valence-electron chi connectivity index (χ2n) is 15.1. The van der Waals surface area contributed by atoms with Crippen molar-refractivity contribution >= 4 is 28.4 Å². The van der Waals surface area contributed by atoms with Crippen LogP contribution in [0, 0.1) is 11.3 Å². The zero-order valence-corrected chi connectivity index (χ0v) is 30.8. The second kappa shape index (κ2) is 15.3. The molecule has 0 spiro atoms. The maximum atomic E-state index is 13.2. The average Bonchev–Trinajstić information content (AvgIpc) is 3.56. The van der Waals surface area contributed by atoms with Gasteiger partial charge in [-0.1, -0.05) is 54.6 Å². The van der Waals surface area contributed by atoms with Crippen molar-refractivity contribution in [3.63, 3.8) is 0 Å². The van der Waals surface area contributed by atoms with Crippen molar-refractivity contribution in [1.29, 1.82) is 5.26 Å². The average molecular weight is 704 g/mol. The molecule has 0 unspecified atom stereocenters. The van der Waals surface area contributed by atoms with Crippen LogP contribution >= 0.6 is 0 Å². The first-order valence-electron chi connectivity index (χ1n) is 18.4. The number of piperazine rings is 1. The predicted octanol–water partition coefficient (Wildman–Crippen LogP) is 6.58. The Balaban J connectivity index is 1.19. The molecule has 1 aromatic heterocycles. The van der Waals surface area contributed by atoms with E-state index in [0.717, 1.165) is 77.2 Å². The van der Waals surface area contributed by atoms with Gasteiger partial charge in [0.25, 0.3) is 0 Å². The molecule has 52 heavy (non-hydrogen) atoms. The standard InChI is InChI=1S/C41H49N7O4/c1-41(2,3)52-40(49)48-22-21-47(25-31(48)16-18-42)38-35-17-20-46(26-36(35)43-39(44-38)51-28-32-14-10-19-45(32)4)37-24-33(23-30-13-8-9-15-34(30)37)50-27-29-11-6-5-7-12-29/h5-9,11-13,15,23-24,31-32H,10,14,16-17,19-22,25-28H2,1-4H3/t31-,32-/m0/s1. The molecule has 4 heterocycles. The van der Waals surface area contributed by atoms with Crippen LogP contribution < -0.4 is 19.3 Å². The summed E-state index contributed by atoms with van der Waals surface area (Å²) in [5.41, 5.74) is 3.61. The lowest BCUT2D eigenvalue weighted by Crippen LogP contribution is -2.56. The molecule has 2 fully saturated rings. The van der Waals surface area contributed by atoms with Crippen LogP contribution in [0.2, 0.25) is 0 Å². The summed E-state index contributed by atoms with van der Waals surface area (Å²) in [5.74, 6) is 1.65. The van der Waals surface area contributed by atoms with E-state index in [-0.39, 0.29) is 18.6 Å². The van der Waals surface area contributed by atoms with Gasteiger partial charge >= 0.3 is 12.1 Å². The number of aromatic nitrogens is 2. The maximum Gasteiger partial charge on any atom is 0.410 e. The third-order valence-corrected chi connectivity index (χ3v) is 10.2. The van der Waals surface area contributed by atoms with Gasteiger partial charge in [0.1, 0.15) is 30.4 Å². The molecular weight excluding hydrogens is 654 g/mol. The Kier molecular flexibility index (Phi) is 10.4. The van der Waals surface area contributed by atoms with Crippen LogP contribution in [0.4, 0.5) is 16.3 Å². The number of benzene rings is 3. The van der Waals surface area contributed by atoms with E-state index < -0.39 is 5.60 Å². The monoisotopic (exact) mass is 703 g/mol. The van der Waals surface area contributed by atoms with E-state index in [1.807, 2.05) is 39.0 Å². The third-order valence-electron chi connectivity index (χ3n) is 10.2. The lowest BCUT2D eigenvalue weighted by Gasteiger charge is -2.42. The van der Waals surface area contributed by atoms with Crippen molar-refractivity contribution in [2.75, 3.05) is 56.2 Å². The fraction of sp³-hybridized carbons (Fsp3) is 0.463. The van der Waals surface area contributed by atoms with Crippen molar-refractivity contribution < 1.29 is 19.0 Å². The molecule has 0 aliphatic carbocycles. The number of amides is 1. The van der Waals surface area contributed by atoms with Crippen molar-refractivity contribution in [3.05, 3.63) is 83.6 Å². The topological polar surface area (TPSA) is 107 Å². The molecule has 0 radical (unpaired) electrons. The van der Waals surface area contributed by atoms with Gasteiger partial charge in [-0.15, -0.1) is 0 Å². The SMILES string of the molecule is CN1CCC[C@H]1COc1nc2c(c(N3CCN(C(=O)OC(C)(C)C)[C@@H](CC#N)C3)n1)CCN(c1cc(OCc3ccccc3)cc3ccccc13)C2. The van der Waals surface area contributed by atoms with Gasteiger partial charge in [-0.3, -0.25) is 0 Å². The summed E-state index contributed by atoms with van der Waals surface area (Å²) in [6.07, 6.45) is 2.78. The molecule has 3 aromatic carbocycles. The molecule has 2 saturated heterocycles. The van der Waals surface area contributed by atoms with E-state index in [2.05, 4.69) is 76.3 Å². The highest BCUT2D eigenvalue weighted by molar-refractivity contribution is 5.96. The van der Waals surface area contributed by atoms with Gasteiger partial charge in [-0.25, -0.2) is 4.79 Å². The van der Waals surface area contributed by atoms with Crippen LogP contribution in [0.25, 0.3) is 10.8 Å². The molecular formula is C41H49N7O4. The van der Waals surface area contributed by atoms with E-state index in [1.54, 1.807) is 4.90 Å². The van der Waals surface area contributed by atoms with Gasteiger partial charge < -0.3 is 33.8 Å². The molecule has 11 nitrogen and oxygen atoms in total. The number of carbonyl (C=O) groups is 1. The highest BCUT2D eigenvalue weighted by Gasteiger charge is 2.36. The number of nitrogens with zero attached hydrogens (tertiary/aromatic N) is 7. The van der Waals surface area contributed by atoms with Crippen molar-refractivity contribution in [2.45, 2.75) is 77.3 Å². The van der Waals surface area contributed by atoms with Gasteiger partial charge in [0.15, 0.2) is 0 Å². The van der Waals surface area contributed by atoms with Gasteiger partial charge in [0.2, 0.25) is 0 Å². The smallest absolute Gasteiger partial charge is 0.410 e. The number of carbonyl (C=O) groups excluding carboxylic acids is 1. The van der Waals surface area contributed by atoms with Gasteiger partial charge in [-0.2, -0.15) is 15.2 Å². The van der Waals surface area contributed by atoms with Crippen molar-refractivity contribution in [3.8, 4) is 17.8 Å². The zero-order chi connectivity index (χ0) is 36.2. The maximum absolute atomic E-state index is 13.2. The number of anilines is 2. The molecule has 3 aliphatic rings. The van der Waals surface area contributed by atoms with E-state index in [9.17, 15) is 10.1 Å². The van der Waals surface area contributed by atoms with Crippen LogP contribution in [0.1, 0.15) is 56.9 Å². The lowest BCUT2D eigenvalue weighted by molar-refractivity contribution is 0.0144. The summed E-state index contributed by atoms with van der Waals surface area (Å²) < 4.78 is 18.5. The normalized spacial score (nSPS) is 19.3. The highest BCUT2D eigenvalue weighted by Crippen LogP contribution is 2.37. The fourth-order valence-corrected chi connectivity index (χ4v) is 7.52. The first-order valence-corrected chi connectivity index (χ1v) is 18.4. The third kappa shape index (κ3) is 8.02. The van der Waals surface area contributed by atoms with Crippen LogP contribution in [-0.2, 0) is 24.3 Å². The van der Waals surface area contributed by atoms with Gasteiger partial charge in [-0.05, 0) is 70.6 Å². The molecule has 11 heteroatoms. The molecule has 0 saturated carbocycles. The van der Waals surface area contributed by atoms with Gasteiger partial charge in [0.05, 0.1) is 30.8 Å². The first-order chi connectivity index (χ1) is 25.1. The van der Waals surface area contributed by atoms with E-state index >= 15 is 0 Å². The Morgan fingerprint density at radius 2 is 1.75 bits per heavy atom. The number of hydrogen-bond donors (Lipinski definition) is 0. The molecule has 1 amide bonds. The molecule has 7 rings (SSSR count). The summed E-state index contributed by atoms with van der Waals surface area (Å²) >= 11 is 0. The zero-order valence-electron chi connectivity index (χ0n) is 30.8. The van der Waals surface area contributed by atoms with Crippen molar-refractivity contribution in [2.24, 2.45) is 0 Å². The van der Waals surface area contributed by atoms with E-state index in [1.165, 1.54) is 0 Å². The molecule has 0 N–H and O–H groups in total. The summed E-state index contributed by atoms with van der Waals surface area (Å²) in [5, 5.41) is 12.0. The number of nitriles is 1. The van der Waals surface area contributed by atoms with Gasteiger partial charge in [0, 0.05) is 54.9 Å². The van der Waals surface area contributed by atoms with Crippen molar-refractivity contribution in [1.82, 2.24) is 19.8 Å². The van der Waals surface area contributed by atoms with Crippen LogP contribution in [0.5, 0.6) is 11.8 Å². The van der Waals surface area contributed by atoms with Crippen LogP contribution in [0.3, 0.4) is 0 Å². The Labute approximate surface area is 306 Å². The fourth-order valence-electron chi connectivity index (χ4n) is 7.52. The Hall–Kier alpha value is -5.08. The van der Waals surface area contributed by atoms with E-state index in [0.29, 0.717) is 51.4 Å². The number of hydrogen-bond acceptors (Lipinski definition) is 10. The number of likely N-dealkylation sites (tertiary alicyclic amines) is 1. The summed E-state index contributed by atoms with van der Waals surface area (Å²) in [6, 6.07) is 25.6. The quantitative estimate of drug-likeness (QED) is 0.190. The molecule has 272 valence electrons. The summed E-state index contributed by atoms with van der Waals surface area (Å²) in [4.78, 5) is 31.9. The Morgan fingerprint density at radius 3 is 2.52 bits per heavy atom. The number of ether oxygens (including phenoxy) is 3. The molecule has 3 aliphatic heterocycles. The largest absolute Gasteiger partial charge is 0.489 e. The first kappa shape index (κ1) is 35.3. The number of fused-ring (bicyclic) bond motifs is 2. The minimum atomic E-state index is -0.624. The molecule has 2 atom stereocenters. The minimum absolute atomic E-state index is 0.198. The number of rotatable bonds is 9.